The molecule has 5 saturated heterocycles. The normalized spacial score (nSPS) is 23.4. The average Bonchev–Trinajstić information content (AvgIpc) is 4.10. The molecule has 0 spiro atoms. The molecule has 3 unspecified atom stereocenters. The Bertz CT molecular complexity index is 3190. The first-order chi connectivity index (χ1) is 35.9. The minimum atomic E-state index is -1.00. The molecular formula is C56H57F2N9O7. The Labute approximate surface area is 426 Å². The fourth-order valence-corrected chi connectivity index (χ4v) is 12.3. The van der Waals surface area contributed by atoms with Crippen LogP contribution in [0.5, 0.6) is 6.01 Å². The quantitative estimate of drug-likeness (QED) is 0.0401. The van der Waals surface area contributed by atoms with Gasteiger partial charge in [-0.1, -0.05) is 73.7 Å². The van der Waals surface area contributed by atoms with Crippen molar-refractivity contribution in [3.63, 3.8) is 0 Å². The number of fused-ring (bicyclic) bond motifs is 6. The number of halogens is 2. The number of aromatic nitrogens is 3. The number of rotatable bonds is 16. The van der Waals surface area contributed by atoms with Crippen LogP contribution in [-0.2, 0) is 20.7 Å². The number of unbranched alkanes of at least 4 members (excludes halogenated alkanes) is 4. The number of carbonyl (C=O) groups is 5. The van der Waals surface area contributed by atoms with Crippen molar-refractivity contribution in [1.82, 2.24) is 40.7 Å². The minimum Gasteiger partial charge on any atom is -0.461 e. The summed E-state index contributed by atoms with van der Waals surface area (Å²) in [5.74, 6) is -0.331. The highest BCUT2D eigenvalue weighted by molar-refractivity contribution is 6.24. The van der Waals surface area contributed by atoms with E-state index in [1.54, 1.807) is 42.6 Å². The van der Waals surface area contributed by atoms with Crippen LogP contribution in [0.25, 0.3) is 32.9 Å². The number of piperazine rings is 1. The highest BCUT2D eigenvalue weighted by Crippen LogP contribution is 2.45. The van der Waals surface area contributed by atoms with Crippen LogP contribution >= 0.6 is 0 Å². The van der Waals surface area contributed by atoms with Gasteiger partial charge in [-0.15, -0.1) is 6.42 Å². The number of nitrogens with zero attached hydrogens (tertiary/aromatic N) is 6. The number of anilines is 1. The van der Waals surface area contributed by atoms with Crippen LogP contribution in [0, 0.1) is 24.0 Å². The van der Waals surface area contributed by atoms with Gasteiger partial charge in [0.1, 0.15) is 42.1 Å². The lowest BCUT2D eigenvalue weighted by molar-refractivity contribution is -0.136. The summed E-state index contributed by atoms with van der Waals surface area (Å²) in [4.78, 5) is 83.5. The van der Waals surface area contributed by atoms with E-state index in [1.165, 1.54) is 6.07 Å². The zero-order valence-corrected chi connectivity index (χ0v) is 41.0. The number of carbonyl (C=O) groups excluding carboxylic acids is 5. The number of pyridine rings is 1. The van der Waals surface area contributed by atoms with Gasteiger partial charge in [0.2, 0.25) is 11.8 Å². The molecule has 0 radical (unpaired) electrons. The summed E-state index contributed by atoms with van der Waals surface area (Å²) in [5, 5.41) is 10.3. The van der Waals surface area contributed by atoms with Crippen molar-refractivity contribution < 1.29 is 42.2 Å². The maximum Gasteiger partial charge on any atom is 0.407 e. The van der Waals surface area contributed by atoms with Gasteiger partial charge >= 0.3 is 12.1 Å². The van der Waals surface area contributed by atoms with Crippen LogP contribution in [0.1, 0.15) is 109 Å². The van der Waals surface area contributed by atoms with Crippen LogP contribution in [0.15, 0.2) is 66.9 Å². The Morgan fingerprint density at radius 1 is 0.932 bits per heavy atom. The Morgan fingerprint density at radius 3 is 2.53 bits per heavy atom. The Balaban J connectivity index is 0.692. The molecule has 2 bridgehead atoms. The summed E-state index contributed by atoms with van der Waals surface area (Å²) < 4.78 is 44.5. The van der Waals surface area contributed by atoms with Gasteiger partial charge < -0.3 is 25.0 Å². The van der Waals surface area contributed by atoms with Gasteiger partial charge in [-0.25, -0.2) is 13.6 Å². The summed E-state index contributed by atoms with van der Waals surface area (Å²) >= 11 is 0. The predicted octanol–water partition coefficient (Wildman–Crippen LogP) is 6.91. The monoisotopic (exact) mass is 1010 g/mol. The highest BCUT2D eigenvalue weighted by Gasteiger charge is 2.52. The van der Waals surface area contributed by atoms with Crippen molar-refractivity contribution in [2.24, 2.45) is 0 Å². The molecule has 3 N–H and O–H groups in total. The number of hydrogen-bond donors (Lipinski definition) is 3. The van der Waals surface area contributed by atoms with Crippen molar-refractivity contribution in [2.45, 2.75) is 113 Å². The van der Waals surface area contributed by atoms with Gasteiger partial charge in [0.25, 0.3) is 11.8 Å². The molecule has 6 aliphatic rings. The molecule has 5 fully saturated rings. The largest absolute Gasteiger partial charge is 0.461 e. The first-order valence-corrected chi connectivity index (χ1v) is 25.8. The minimum absolute atomic E-state index is 0.00986. The molecule has 6 aliphatic heterocycles. The Morgan fingerprint density at radius 2 is 1.72 bits per heavy atom. The average molecular weight is 1010 g/mol. The second kappa shape index (κ2) is 20.2. The van der Waals surface area contributed by atoms with Gasteiger partial charge in [-0.3, -0.25) is 39.3 Å². The molecule has 11 rings (SSSR count). The highest BCUT2D eigenvalue weighted by atomic mass is 19.1. The number of terminal acetylenes is 1. The molecule has 382 valence electrons. The third kappa shape index (κ3) is 9.10. The molecule has 5 aromatic rings. The molecule has 18 heteroatoms. The number of imide groups is 2. The first kappa shape index (κ1) is 48.9. The van der Waals surface area contributed by atoms with E-state index in [1.807, 2.05) is 6.07 Å². The van der Waals surface area contributed by atoms with Crippen LogP contribution in [0.3, 0.4) is 0 Å². The van der Waals surface area contributed by atoms with Gasteiger partial charge in [0, 0.05) is 67.9 Å². The summed E-state index contributed by atoms with van der Waals surface area (Å²) in [6.07, 6.45) is 16.1. The second-order valence-electron chi connectivity index (χ2n) is 20.6. The standard InChI is InChI=1S/C56H57F2N9O7/c1-3-38-42(57)19-16-34-13-9-14-39(45(34)38)48-47(58)49-41(26-60-48)50(65-28-35-17-18-36(29-65)61-35)64-54(63-49)74-31-56-23-22-37(66(56)27-32(2)25-56)30-73-55(72)59-24-8-6-4-5-7-11-33-12-10-15-40-46(33)53(71)67(52(40)70)43-20-21-44(68)62-51(43)69/h1,9-10,12-16,19,26,35-37,43,61H,2,4-8,11,17-18,20-25,27-31H2,(H,59,72)(H,62,68,69)/t35?,36?,37-,43?,56-/m0/s1. The van der Waals surface area contributed by atoms with Gasteiger partial charge in [0.05, 0.1) is 27.6 Å². The van der Waals surface area contributed by atoms with Gasteiger partial charge in [0.15, 0.2) is 5.82 Å². The molecular weight excluding hydrogens is 949 g/mol. The zero-order valence-electron chi connectivity index (χ0n) is 41.0. The van der Waals surface area contributed by atoms with E-state index in [2.05, 4.69) is 43.2 Å². The molecule has 3 aromatic carbocycles. The van der Waals surface area contributed by atoms with Gasteiger partial charge in [-0.2, -0.15) is 9.97 Å². The fraction of sp³-hybridized carbons (Fsp3) is 0.429. The maximum atomic E-state index is 17.2. The van der Waals surface area contributed by atoms with Crippen molar-refractivity contribution in [3.05, 3.63) is 101 Å². The SMILES string of the molecule is C#Cc1c(F)ccc2cccc(-c3ncc4c(N5CC6CCC(C5)N6)nc(OC[C@@]56CC[C@@H](COC(=O)NCCCCCCCc7cccc8c7C(=O)N(C7CCC(=O)NC7=O)C8=O)N5CC(=C)C6)nc4c3F)c12. The fourth-order valence-electron chi connectivity index (χ4n) is 12.3. The van der Waals surface area contributed by atoms with E-state index < -0.39 is 52.9 Å². The van der Waals surface area contributed by atoms with Crippen molar-refractivity contribution in [2.75, 3.05) is 44.3 Å². The Kier molecular flexibility index (Phi) is 13.3. The second-order valence-corrected chi connectivity index (χ2v) is 20.6. The van der Waals surface area contributed by atoms with E-state index in [9.17, 15) is 24.0 Å². The number of aryl methyl sites for hydroxylation is 1. The summed E-state index contributed by atoms with van der Waals surface area (Å²) in [6, 6.07) is 12.9. The number of hydrogen-bond acceptors (Lipinski definition) is 13. The van der Waals surface area contributed by atoms with Crippen molar-refractivity contribution >= 4 is 57.2 Å². The molecule has 8 heterocycles. The lowest BCUT2D eigenvalue weighted by atomic mass is 9.94. The maximum absolute atomic E-state index is 17.2. The number of alkyl carbamates (subject to hydrolysis) is 1. The number of nitrogens with one attached hydrogen (secondary N) is 3. The van der Waals surface area contributed by atoms with E-state index >= 15 is 8.78 Å². The molecule has 2 aromatic heterocycles. The summed E-state index contributed by atoms with van der Waals surface area (Å²) in [5.41, 5.74) is 2.37. The first-order valence-electron chi connectivity index (χ1n) is 25.8. The zero-order chi connectivity index (χ0) is 51.3. The van der Waals surface area contributed by atoms with Crippen LogP contribution in [0.2, 0.25) is 0 Å². The van der Waals surface area contributed by atoms with Crippen molar-refractivity contribution in [1.29, 1.82) is 0 Å². The van der Waals surface area contributed by atoms with E-state index in [0.29, 0.717) is 72.1 Å². The summed E-state index contributed by atoms with van der Waals surface area (Å²) in [7, 11) is 0. The van der Waals surface area contributed by atoms with Crippen LogP contribution in [0.4, 0.5) is 19.4 Å². The van der Waals surface area contributed by atoms with E-state index in [4.69, 9.17) is 25.9 Å². The molecule has 5 atom stereocenters. The smallest absolute Gasteiger partial charge is 0.407 e. The third-order valence-electron chi connectivity index (χ3n) is 15.8. The summed E-state index contributed by atoms with van der Waals surface area (Å²) in [6.45, 7) is 7.14. The lowest BCUT2D eigenvalue weighted by Crippen LogP contribution is -2.54. The van der Waals surface area contributed by atoms with E-state index in [0.717, 1.165) is 73.8 Å². The number of benzene rings is 3. The molecule has 5 amide bonds. The topological polar surface area (TPSA) is 188 Å². The number of ether oxygens (including phenoxy) is 2. The van der Waals surface area contributed by atoms with E-state index in [-0.39, 0.29) is 72.5 Å². The lowest BCUT2D eigenvalue weighted by Gasteiger charge is -2.35. The Hall–Kier alpha value is -7.36. The molecule has 16 nitrogen and oxygen atoms in total. The molecule has 0 aliphatic carbocycles. The number of amides is 5. The molecule has 74 heavy (non-hydrogen) atoms. The van der Waals surface area contributed by atoms with Crippen LogP contribution in [-0.4, -0.2) is 124 Å². The third-order valence-corrected chi connectivity index (χ3v) is 15.8. The van der Waals surface area contributed by atoms with Crippen molar-refractivity contribution in [3.8, 4) is 29.6 Å². The number of piperidine rings is 1. The molecule has 0 saturated carbocycles. The van der Waals surface area contributed by atoms with Gasteiger partial charge in [-0.05, 0) is 80.9 Å². The van der Waals surface area contributed by atoms with Crippen LogP contribution < -0.4 is 25.6 Å². The predicted molar refractivity (Wildman–Crippen MR) is 271 cm³/mol.